The molecule has 1 aliphatic heterocycles. The van der Waals surface area contributed by atoms with Crippen molar-refractivity contribution in [3.8, 4) is 0 Å². The van der Waals surface area contributed by atoms with Gasteiger partial charge in [0.25, 0.3) is 5.91 Å². The molecule has 1 saturated heterocycles. The Morgan fingerprint density at radius 3 is 2.92 bits per heavy atom. The average molecular weight is 339 g/mol. The van der Waals surface area contributed by atoms with Crippen LogP contribution < -0.4 is 5.32 Å². The van der Waals surface area contributed by atoms with E-state index in [0.29, 0.717) is 18.3 Å². The lowest BCUT2D eigenvalue weighted by Gasteiger charge is -2.33. The molecule has 0 radical (unpaired) electrons. The van der Waals surface area contributed by atoms with E-state index in [9.17, 15) is 4.79 Å². The van der Waals surface area contributed by atoms with Gasteiger partial charge in [-0.2, -0.15) is 10.2 Å². The van der Waals surface area contributed by atoms with Crippen LogP contribution in [0.4, 0.5) is 5.69 Å². The highest BCUT2D eigenvalue weighted by Crippen LogP contribution is 2.20. The van der Waals surface area contributed by atoms with Gasteiger partial charge in [-0.05, 0) is 38.0 Å². The van der Waals surface area contributed by atoms with Crippen molar-refractivity contribution in [2.24, 2.45) is 0 Å². The van der Waals surface area contributed by atoms with Crippen molar-refractivity contribution in [3.63, 3.8) is 0 Å². The van der Waals surface area contributed by atoms with Gasteiger partial charge in [0.05, 0.1) is 5.69 Å². The molecule has 1 aliphatic rings. The van der Waals surface area contributed by atoms with Gasteiger partial charge in [0.2, 0.25) is 0 Å². The van der Waals surface area contributed by atoms with E-state index >= 15 is 0 Å². The van der Waals surface area contributed by atoms with Gasteiger partial charge < -0.3 is 10.2 Å². The van der Waals surface area contributed by atoms with E-state index in [0.717, 1.165) is 37.3 Å². The zero-order chi connectivity index (χ0) is 17.2. The topological polar surface area (TPSA) is 80.4 Å². The summed E-state index contributed by atoms with van der Waals surface area (Å²) in [6.45, 7) is 4.17. The fraction of sp³-hybridized carbons (Fsp3) is 0.412. The minimum absolute atomic E-state index is 0.0670. The maximum atomic E-state index is 12.7. The first kappa shape index (κ1) is 15.6. The number of carbonyl (C=O) groups is 1. The number of piperidine rings is 1. The van der Waals surface area contributed by atoms with Crippen LogP contribution in [0, 0.1) is 0 Å². The number of rotatable bonds is 4. The van der Waals surface area contributed by atoms with Crippen LogP contribution in [0.5, 0.6) is 0 Å². The maximum Gasteiger partial charge on any atom is 0.272 e. The lowest BCUT2D eigenvalue weighted by atomic mass is 10.0. The molecule has 0 spiro atoms. The Bertz CT molecular complexity index is 876. The number of amides is 1. The quantitative estimate of drug-likeness (QED) is 0.782. The first-order chi connectivity index (χ1) is 12.3. The second-order valence-corrected chi connectivity index (χ2v) is 6.19. The molecular formula is C17H21N7O. The third kappa shape index (κ3) is 2.95. The molecule has 0 aliphatic carbocycles. The largest absolute Gasteiger partial charge is 0.379 e. The van der Waals surface area contributed by atoms with E-state index in [1.165, 1.54) is 0 Å². The van der Waals surface area contributed by atoms with Crippen molar-refractivity contribution < 1.29 is 4.79 Å². The molecule has 3 aromatic heterocycles. The number of nitrogens with one attached hydrogen (secondary N) is 1. The van der Waals surface area contributed by atoms with Gasteiger partial charge in [0.1, 0.15) is 12.0 Å². The summed E-state index contributed by atoms with van der Waals surface area (Å²) in [5.41, 5.74) is 2.48. The number of anilines is 1. The van der Waals surface area contributed by atoms with Crippen molar-refractivity contribution in [3.05, 3.63) is 42.6 Å². The molecule has 0 bridgehead atoms. The van der Waals surface area contributed by atoms with Gasteiger partial charge in [-0.1, -0.05) is 0 Å². The van der Waals surface area contributed by atoms with Gasteiger partial charge >= 0.3 is 0 Å². The third-order valence-electron chi connectivity index (χ3n) is 4.68. The van der Waals surface area contributed by atoms with Gasteiger partial charge in [0.15, 0.2) is 5.65 Å². The molecule has 0 unspecified atom stereocenters. The number of likely N-dealkylation sites (tertiary alicyclic amines) is 1. The van der Waals surface area contributed by atoms with Crippen molar-refractivity contribution >= 4 is 17.2 Å². The highest BCUT2D eigenvalue weighted by Gasteiger charge is 2.25. The zero-order valence-electron chi connectivity index (χ0n) is 14.2. The third-order valence-corrected chi connectivity index (χ3v) is 4.68. The summed E-state index contributed by atoms with van der Waals surface area (Å²) in [6, 6.07) is 6.08. The molecule has 3 aromatic rings. The maximum absolute atomic E-state index is 12.7. The Balaban J connectivity index is 1.40. The second-order valence-electron chi connectivity index (χ2n) is 6.19. The minimum Gasteiger partial charge on any atom is -0.379 e. The fourth-order valence-electron chi connectivity index (χ4n) is 3.34. The SMILES string of the molecule is CCn1nccc1C(=O)N1CCC(Nc2cccn3ncnc23)CC1. The Hall–Kier alpha value is -2.90. The zero-order valence-corrected chi connectivity index (χ0v) is 14.2. The van der Waals surface area contributed by atoms with E-state index in [2.05, 4.69) is 20.5 Å². The van der Waals surface area contributed by atoms with Gasteiger partial charge in [0, 0.05) is 38.1 Å². The lowest BCUT2D eigenvalue weighted by Crippen LogP contribution is -2.43. The molecule has 1 N–H and O–H groups in total. The minimum atomic E-state index is 0.0670. The molecule has 4 rings (SSSR count). The molecule has 25 heavy (non-hydrogen) atoms. The van der Waals surface area contributed by atoms with Gasteiger partial charge in [-0.25, -0.2) is 9.50 Å². The Morgan fingerprint density at radius 1 is 1.28 bits per heavy atom. The number of hydrogen-bond donors (Lipinski definition) is 1. The molecule has 0 atom stereocenters. The van der Waals surface area contributed by atoms with E-state index in [1.807, 2.05) is 30.2 Å². The molecular weight excluding hydrogens is 318 g/mol. The standard InChI is InChI=1S/C17H21N7O/c1-2-23-15(5-8-19-23)17(25)22-10-6-13(7-11-22)21-14-4-3-9-24-16(14)18-12-20-24/h3-5,8-9,12-13,21H,2,6-7,10-11H2,1H3. The highest BCUT2D eigenvalue weighted by molar-refractivity contribution is 5.92. The molecule has 130 valence electrons. The summed E-state index contributed by atoms with van der Waals surface area (Å²) in [6.07, 6.45) is 6.93. The molecule has 0 aromatic carbocycles. The predicted molar refractivity (Wildman–Crippen MR) is 93.4 cm³/mol. The number of nitrogens with zero attached hydrogens (tertiary/aromatic N) is 6. The van der Waals surface area contributed by atoms with E-state index in [4.69, 9.17) is 0 Å². The normalized spacial score (nSPS) is 15.6. The van der Waals surface area contributed by atoms with E-state index < -0.39 is 0 Å². The van der Waals surface area contributed by atoms with Crippen LogP contribution in [-0.2, 0) is 6.54 Å². The van der Waals surface area contributed by atoms with Gasteiger partial charge in [-0.15, -0.1) is 0 Å². The number of fused-ring (bicyclic) bond motifs is 1. The van der Waals surface area contributed by atoms with Crippen LogP contribution in [0.15, 0.2) is 36.9 Å². The molecule has 8 heteroatoms. The number of pyridine rings is 1. The Kier molecular flexibility index (Phi) is 4.09. The summed E-state index contributed by atoms with van der Waals surface area (Å²) in [5.74, 6) is 0.0670. The van der Waals surface area contributed by atoms with Crippen LogP contribution >= 0.6 is 0 Å². The van der Waals surface area contributed by atoms with E-state index in [1.54, 1.807) is 27.8 Å². The predicted octanol–water partition coefficient (Wildman–Crippen LogP) is 1.66. The summed E-state index contributed by atoms with van der Waals surface area (Å²) in [7, 11) is 0. The Morgan fingerprint density at radius 2 is 2.12 bits per heavy atom. The van der Waals surface area contributed by atoms with Crippen molar-refractivity contribution in [2.45, 2.75) is 32.4 Å². The lowest BCUT2D eigenvalue weighted by molar-refractivity contribution is 0.0706. The first-order valence-corrected chi connectivity index (χ1v) is 8.62. The highest BCUT2D eigenvalue weighted by atomic mass is 16.2. The average Bonchev–Trinajstić information content (AvgIpc) is 3.31. The molecule has 1 fully saturated rings. The number of aryl methyl sites for hydroxylation is 1. The molecule has 1 amide bonds. The monoisotopic (exact) mass is 339 g/mol. The molecule has 8 nitrogen and oxygen atoms in total. The summed E-state index contributed by atoms with van der Waals surface area (Å²) < 4.78 is 3.51. The fourth-order valence-corrected chi connectivity index (χ4v) is 3.34. The van der Waals surface area contributed by atoms with Crippen molar-refractivity contribution in [2.75, 3.05) is 18.4 Å². The molecule has 0 saturated carbocycles. The number of carbonyl (C=O) groups excluding carboxylic acids is 1. The van der Waals surface area contributed by atoms with Crippen LogP contribution in [0.25, 0.3) is 5.65 Å². The number of hydrogen-bond acceptors (Lipinski definition) is 5. The first-order valence-electron chi connectivity index (χ1n) is 8.62. The summed E-state index contributed by atoms with van der Waals surface area (Å²) >= 11 is 0. The summed E-state index contributed by atoms with van der Waals surface area (Å²) in [4.78, 5) is 18.9. The van der Waals surface area contributed by atoms with Gasteiger partial charge in [-0.3, -0.25) is 9.48 Å². The second kappa shape index (κ2) is 6.54. The Labute approximate surface area is 145 Å². The summed E-state index contributed by atoms with van der Waals surface area (Å²) in [5, 5.41) is 11.9. The molecule has 4 heterocycles. The van der Waals surface area contributed by atoms with Crippen molar-refractivity contribution in [1.29, 1.82) is 0 Å². The van der Waals surface area contributed by atoms with Crippen LogP contribution in [0.1, 0.15) is 30.3 Å². The smallest absolute Gasteiger partial charge is 0.272 e. The van der Waals surface area contributed by atoms with E-state index in [-0.39, 0.29) is 5.91 Å². The number of aromatic nitrogens is 5. The van der Waals surface area contributed by atoms with Crippen LogP contribution in [-0.4, -0.2) is 54.3 Å². The van der Waals surface area contributed by atoms with Crippen LogP contribution in [0.3, 0.4) is 0 Å². The van der Waals surface area contributed by atoms with Crippen LogP contribution in [0.2, 0.25) is 0 Å². The van der Waals surface area contributed by atoms with Crippen molar-refractivity contribution in [1.82, 2.24) is 29.3 Å².